The van der Waals surface area contributed by atoms with E-state index in [4.69, 9.17) is 9.47 Å². The normalized spacial score (nSPS) is 12.1. The lowest BCUT2D eigenvalue weighted by molar-refractivity contribution is 0.0237. The van der Waals surface area contributed by atoms with E-state index in [9.17, 15) is 5.11 Å². The molecule has 3 nitrogen and oxygen atoms in total. The van der Waals surface area contributed by atoms with Crippen molar-refractivity contribution in [1.29, 1.82) is 0 Å². The molecule has 0 aliphatic carbocycles. The molecule has 3 heteroatoms. The molecule has 0 radical (unpaired) electrons. The molecule has 0 amide bonds. The zero-order valence-corrected chi connectivity index (χ0v) is 13.9. The Bertz CT molecular complexity index is 376. The van der Waals surface area contributed by atoms with Crippen molar-refractivity contribution < 1.29 is 14.6 Å². The summed E-state index contributed by atoms with van der Waals surface area (Å²) >= 11 is 0. The van der Waals surface area contributed by atoms with Gasteiger partial charge in [-0.1, -0.05) is 38.1 Å². The SMILES string of the molecule is CC(C)CCOCc1ccc(COCCC(C)(C)O)cc1. The lowest BCUT2D eigenvalue weighted by Crippen LogP contribution is -2.20. The van der Waals surface area contributed by atoms with E-state index in [1.165, 1.54) is 5.56 Å². The van der Waals surface area contributed by atoms with Gasteiger partial charge in [0, 0.05) is 13.2 Å². The van der Waals surface area contributed by atoms with Crippen molar-refractivity contribution in [3.8, 4) is 0 Å². The average molecular weight is 294 g/mol. The van der Waals surface area contributed by atoms with Crippen molar-refractivity contribution in [3.05, 3.63) is 35.4 Å². The summed E-state index contributed by atoms with van der Waals surface area (Å²) in [4.78, 5) is 0. The van der Waals surface area contributed by atoms with E-state index in [1.54, 1.807) is 13.8 Å². The zero-order chi connectivity index (χ0) is 15.7. The van der Waals surface area contributed by atoms with E-state index in [2.05, 4.69) is 38.1 Å². The van der Waals surface area contributed by atoms with Gasteiger partial charge in [0.2, 0.25) is 0 Å². The fourth-order valence-electron chi connectivity index (χ4n) is 1.75. The number of rotatable bonds is 10. The molecule has 0 aliphatic rings. The monoisotopic (exact) mass is 294 g/mol. The Labute approximate surface area is 129 Å². The van der Waals surface area contributed by atoms with Gasteiger partial charge >= 0.3 is 0 Å². The highest BCUT2D eigenvalue weighted by molar-refractivity contribution is 5.21. The topological polar surface area (TPSA) is 38.7 Å². The van der Waals surface area contributed by atoms with Gasteiger partial charge in [0.25, 0.3) is 0 Å². The van der Waals surface area contributed by atoms with Crippen molar-refractivity contribution in [1.82, 2.24) is 0 Å². The highest BCUT2D eigenvalue weighted by Crippen LogP contribution is 2.10. The predicted octanol–water partition coefficient (Wildman–Crippen LogP) is 3.93. The molecule has 0 bridgehead atoms. The molecule has 0 saturated carbocycles. The predicted molar refractivity (Wildman–Crippen MR) is 86.1 cm³/mol. The van der Waals surface area contributed by atoms with E-state index in [0.717, 1.165) is 18.6 Å². The second-order valence-electron chi connectivity index (χ2n) is 6.67. The lowest BCUT2D eigenvalue weighted by atomic mass is 10.1. The highest BCUT2D eigenvalue weighted by atomic mass is 16.5. The van der Waals surface area contributed by atoms with Gasteiger partial charge in [-0.05, 0) is 43.7 Å². The van der Waals surface area contributed by atoms with Crippen LogP contribution in [0.25, 0.3) is 0 Å². The van der Waals surface area contributed by atoms with E-state index in [0.29, 0.717) is 32.2 Å². The largest absolute Gasteiger partial charge is 0.390 e. The average Bonchev–Trinajstić information content (AvgIpc) is 2.40. The van der Waals surface area contributed by atoms with Crippen molar-refractivity contribution >= 4 is 0 Å². The van der Waals surface area contributed by atoms with E-state index >= 15 is 0 Å². The molecule has 21 heavy (non-hydrogen) atoms. The van der Waals surface area contributed by atoms with Crippen LogP contribution in [0.3, 0.4) is 0 Å². The third-order valence-corrected chi connectivity index (χ3v) is 3.26. The second-order valence-corrected chi connectivity index (χ2v) is 6.67. The van der Waals surface area contributed by atoms with Crippen molar-refractivity contribution in [2.45, 2.75) is 59.4 Å². The Kier molecular flexibility index (Phi) is 7.94. The molecule has 0 heterocycles. The zero-order valence-electron chi connectivity index (χ0n) is 13.9. The van der Waals surface area contributed by atoms with Gasteiger partial charge < -0.3 is 14.6 Å². The summed E-state index contributed by atoms with van der Waals surface area (Å²) in [6, 6.07) is 8.32. The van der Waals surface area contributed by atoms with Gasteiger partial charge in [-0.25, -0.2) is 0 Å². The van der Waals surface area contributed by atoms with Crippen LogP contribution < -0.4 is 0 Å². The third-order valence-electron chi connectivity index (χ3n) is 3.26. The third kappa shape index (κ3) is 9.62. The van der Waals surface area contributed by atoms with Crippen LogP contribution in [0.4, 0.5) is 0 Å². The molecule has 1 aromatic rings. The molecule has 0 unspecified atom stereocenters. The fourth-order valence-corrected chi connectivity index (χ4v) is 1.75. The van der Waals surface area contributed by atoms with Crippen molar-refractivity contribution in [2.24, 2.45) is 5.92 Å². The fraction of sp³-hybridized carbons (Fsp3) is 0.667. The van der Waals surface area contributed by atoms with E-state index < -0.39 is 5.60 Å². The number of aliphatic hydroxyl groups is 1. The molecule has 120 valence electrons. The Morgan fingerprint density at radius 1 is 0.952 bits per heavy atom. The Morgan fingerprint density at radius 2 is 1.43 bits per heavy atom. The quantitative estimate of drug-likeness (QED) is 0.665. The standard InChI is InChI=1S/C18H30O3/c1-15(2)9-11-20-13-16-5-7-17(8-6-16)14-21-12-10-18(3,4)19/h5-8,15,19H,9-14H2,1-4H3. The van der Waals surface area contributed by atoms with Gasteiger partial charge in [-0.2, -0.15) is 0 Å². The minimum absolute atomic E-state index is 0.573. The number of ether oxygens (including phenoxy) is 2. The van der Waals surface area contributed by atoms with E-state index in [-0.39, 0.29) is 0 Å². The molecule has 0 atom stereocenters. The van der Waals surface area contributed by atoms with Crippen LogP contribution >= 0.6 is 0 Å². The molecule has 0 aliphatic heterocycles. The molecule has 0 spiro atoms. The highest BCUT2D eigenvalue weighted by Gasteiger charge is 2.11. The van der Waals surface area contributed by atoms with Gasteiger partial charge in [0.05, 0.1) is 18.8 Å². The summed E-state index contributed by atoms with van der Waals surface area (Å²) in [7, 11) is 0. The summed E-state index contributed by atoms with van der Waals surface area (Å²) in [6.07, 6.45) is 1.75. The summed E-state index contributed by atoms with van der Waals surface area (Å²) in [5.74, 6) is 0.688. The Hall–Kier alpha value is -0.900. The second kappa shape index (κ2) is 9.19. The summed E-state index contributed by atoms with van der Waals surface area (Å²) in [6.45, 7) is 10.7. The van der Waals surface area contributed by atoms with Crippen LogP contribution in [0, 0.1) is 5.92 Å². The molecule has 0 fully saturated rings. The van der Waals surface area contributed by atoms with Crippen LogP contribution in [0.1, 0.15) is 51.7 Å². The first-order valence-corrected chi connectivity index (χ1v) is 7.82. The Morgan fingerprint density at radius 3 is 1.86 bits per heavy atom. The van der Waals surface area contributed by atoms with Crippen LogP contribution in [0.5, 0.6) is 0 Å². The van der Waals surface area contributed by atoms with Gasteiger partial charge in [0.1, 0.15) is 0 Å². The van der Waals surface area contributed by atoms with Crippen LogP contribution in [-0.4, -0.2) is 23.9 Å². The molecule has 0 saturated heterocycles. The first kappa shape index (κ1) is 18.1. The van der Waals surface area contributed by atoms with Gasteiger partial charge in [-0.3, -0.25) is 0 Å². The lowest BCUT2D eigenvalue weighted by Gasteiger charge is -2.16. The molecular weight excluding hydrogens is 264 g/mol. The van der Waals surface area contributed by atoms with Crippen LogP contribution in [0.15, 0.2) is 24.3 Å². The number of hydrogen-bond donors (Lipinski definition) is 1. The molecular formula is C18H30O3. The van der Waals surface area contributed by atoms with Crippen LogP contribution in [-0.2, 0) is 22.7 Å². The number of benzene rings is 1. The summed E-state index contributed by atoms with van der Waals surface area (Å²) in [5, 5.41) is 9.59. The van der Waals surface area contributed by atoms with Crippen molar-refractivity contribution in [3.63, 3.8) is 0 Å². The molecule has 0 aromatic heterocycles. The van der Waals surface area contributed by atoms with Crippen LogP contribution in [0.2, 0.25) is 0 Å². The minimum atomic E-state index is -0.656. The van der Waals surface area contributed by atoms with Gasteiger partial charge in [0.15, 0.2) is 0 Å². The number of hydrogen-bond acceptors (Lipinski definition) is 3. The Balaban J connectivity index is 2.21. The first-order chi connectivity index (χ1) is 9.87. The van der Waals surface area contributed by atoms with Crippen molar-refractivity contribution in [2.75, 3.05) is 13.2 Å². The minimum Gasteiger partial charge on any atom is -0.390 e. The first-order valence-electron chi connectivity index (χ1n) is 7.82. The van der Waals surface area contributed by atoms with E-state index in [1.807, 2.05) is 0 Å². The maximum atomic E-state index is 9.59. The summed E-state index contributed by atoms with van der Waals surface area (Å²) in [5.41, 5.74) is 1.69. The molecule has 1 aromatic carbocycles. The smallest absolute Gasteiger partial charge is 0.0716 e. The molecule has 1 N–H and O–H groups in total. The van der Waals surface area contributed by atoms with Gasteiger partial charge in [-0.15, -0.1) is 0 Å². The molecule has 1 rings (SSSR count). The maximum Gasteiger partial charge on any atom is 0.0716 e. The summed E-state index contributed by atoms with van der Waals surface area (Å²) < 4.78 is 11.2. The maximum absolute atomic E-state index is 9.59.